The molecular weight excluding hydrogens is 252 g/mol. The molecule has 0 aliphatic carbocycles. The lowest BCUT2D eigenvalue weighted by Crippen LogP contribution is -2.34. The van der Waals surface area contributed by atoms with Gasteiger partial charge in [-0.2, -0.15) is 0 Å². The molecule has 0 fully saturated rings. The summed E-state index contributed by atoms with van der Waals surface area (Å²) in [5.41, 5.74) is 7.68. The van der Waals surface area contributed by atoms with Gasteiger partial charge in [0.2, 0.25) is 0 Å². The van der Waals surface area contributed by atoms with Crippen molar-refractivity contribution in [1.82, 2.24) is 0 Å². The Balaban J connectivity index is 3.25. The Bertz CT molecular complexity index is 406. The van der Waals surface area contributed by atoms with Crippen LogP contribution in [-0.4, -0.2) is 17.6 Å². The number of hydrogen-bond acceptors (Lipinski definition) is 2. The molecule has 0 saturated heterocycles. The van der Waals surface area contributed by atoms with Gasteiger partial charge in [-0.3, -0.25) is 0 Å². The third-order valence-corrected chi connectivity index (χ3v) is 3.45. The lowest BCUT2D eigenvalue weighted by atomic mass is 10.1. The Hall–Kier alpha value is -0.800. The second-order valence-corrected chi connectivity index (χ2v) is 4.95. The lowest BCUT2D eigenvalue weighted by Gasteiger charge is -2.31. The maximum Gasteiger partial charge on any atom is 0.106 e. The number of halogens is 1. The van der Waals surface area contributed by atoms with E-state index in [1.54, 1.807) is 0 Å². The number of benzene rings is 1. The molecule has 1 rings (SSSR count). The summed E-state index contributed by atoms with van der Waals surface area (Å²) in [4.78, 5) is 2.69. The van der Waals surface area contributed by atoms with Crippen LogP contribution in [0, 0.1) is 0 Å². The van der Waals surface area contributed by atoms with Crippen LogP contribution in [0.1, 0.15) is 32.8 Å². The maximum atomic E-state index is 6.06. The van der Waals surface area contributed by atoms with Gasteiger partial charge in [0.05, 0.1) is 0 Å². The summed E-state index contributed by atoms with van der Waals surface area (Å²) in [6, 6.07) is 6.09. The van der Waals surface area contributed by atoms with Crippen molar-refractivity contribution >= 4 is 34.5 Å². The van der Waals surface area contributed by atoms with Crippen molar-refractivity contribution in [3.05, 3.63) is 28.8 Å². The van der Waals surface area contributed by atoms with Crippen LogP contribution >= 0.6 is 23.8 Å². The summed E-state index contributed by atoms with van der Waals surface area (Å²) in [6.07, 6.45) is 1.07. The van der Waals surface area contributed by atoms with E-state index in [2.05, 4.69) is 25.7 Å². The van der Waals surface area contributed by atoms with Crippen molar-refractivity contribution < 1.29 is 0 Å². The zero-order valence-corrected chi connectivity index (χ0v) is 12.1. The molecule has 0 aliphatic rings. The van der Waals surface area contributed by atoms with Gasteiger partial charge in [-0.15, -0.1) is 0 Å². The average molecular weight is 271 g/mol. The minimum Gasteiger partial charge on any atom is -0.389 e. The van der Waals surface area contributed by atoms with Crippen LogP contribution in [0.5, 0.6) is 0 Å². The molecule has 0 aromatic heterocycles. The molecule has 0 amide bonds. The molecule has 2 nitrogen and oxygen atoms in total. The van der Waals surface area contributed by atoms with E-state index in [0.717, 1.165) is 24.2 Å². The Kier molecular flexibility index (Phi) is 5.22. The first-order valence-corrected chi connectivity index (χ1v) is 6.65. The predicted octanol–water partition coefficient (Wildman–Crippen LogP) is 3.60. The van der Waals surface area contributed by atoms with Crippen molar-refractivity contribution in [2.24, 2.45) is 5.73 Å². The van der Waals surface area contributed by atoms with E-state index >= 15 is 0 Å². The van der Waals surface area contributed by atoms with Gasteiger partial charge in [0.15, 0.2) is 0 Å². The SMILES string of the molecule is CCC(C)N(CC)c1cc(Cl)ccc1C(N)=S. The van der Waals surface area contributed by atoms with Gasteiger partial charge in [0.1, 0.15) is 4.99 Å². The molecule has 0 saturated carbocycles. The van der Waals surface area contributed by atoms with Crippen LogP contribution < -0.4 is 10.6 Å². The molecular formula is C13H19ClN2S. The smallest absolute Gasteiger partial charge is 0.106 e. The summed E-state index contributed by atoms with van der Waals surface area (Å²) in [5, 5.41) is 0.710. The summed E-state index contributed by atoms with van der Waals surface area (Å²) >= 11 is 11.2. The van der Waals surface area contributed by atoms with Crippen molar-refractivity contribution in [1.29, 1.82) is 0 Å². The molecule has 1 unspecified atom stereocenters. The first-order valence-electron chi connectivity index (χ1n) is 5.87. The minimum absolute atomic E-state index is 0.415. The highest BCUT2D eigenvalue weighted by atomic mass is 35.5. The first kappa shape index (κ1) is 14.3. The molecule has 1 aromatic rings. The predicted molar refractivity (Wildman–Crippen MR) is 80.1 cm³/mol. The first-order chi connectivity index (χ1) is 8.01. The van der Waals surface area contributed by atoms with Gasteiger partial charge in [-0.25, -0.2) is 0 Å². The molecule has 0 heterocycles. The van der Waals surface area contributed by atoms with E-state index in [1.807, 2.05) is 18.2 Å². The van der Waals surface area contributed by atoms with E-state index in [9.17, 15) is 0 Å². The summed E-state index contributed by atoms with van der Waals surface area (Å²) in [5.74, 6) is 0. The van der Waals surface area contributed by atoms with Gasteiger partial charge in [0, 0.05) is 28.9 Å². The third-order valence-electron chi connectivity index (χ3n) is 3.00. The average Bonchev–Trinajstić information content (AvgIpc) is 2.29. The molecule has 1 atom stereocenters. The fourth-order valence-corrected chi connectivity index (χ4v) is 2.23. The lowest BCUT2D eigenvalue weighted by molar-refractivity contribution is 0.630. The van der Waals surface area contributed by atoms with Gasteiger partial charge < -0.3 is 10.6 Å². The number of nitrogens with zero attached hydrogens (tertiary/aromatic N) is 1. The number of thiocarbonyl (C=S) groups is 1. The third kappa shape index (κ3) is 3.33. The van der Waals surface area contributed by atoms with Gasteiger partial charge in [0.25, 0.3) is 0 Å². The largest absolute Gasteiger partial charge is 0.389 e. The summed E-state index contributed by atoms with van der Waals surface area (Å²) < 4.78 is 0. The van der Waals surface area contributed by atoms with Crippen molar-refractivity contribution in [3.63, 3.8) is 0 Å². The highest BCUT2D eigenvalue weighted by Gasteiger charge is 2.16. The molecule has 0 aliphatic heterocycles. The number of nitrogens with two attached hydrogens (primary N) is 1. The van der Waals surface area contributed by atoms with Crippen molar-refractivity contribution in [2.75, 3.05) is 11.4 Å². The van der Waals surface area contributed by atoms with E-state index in [0.29, 0.717) is 16.1 Å². The van der Waals surface area contributed by atoms with E-state index in [1.165, 1.54) is 0 Å². The van der Waals surface area contributed by atoms with Crippen LogP contribution in [0.4, 0.5) is 5.69 Å². The Morgan fingerprint density at radius 3 is 2.59 bits per heavy atom. The fraction of sp³-hybridized carbons (Fsp3) is 0.462. The fourth-order valence-electron chi connectivity index (χ4n) is 1.89. The molecule has 1 aromatic carbocycles. The van der Waals surface area contributed by atoms with Gasteiger partial charge in [-0.05, 0) is 38.5 Å². The minimum atomic E-state index is 0.415. The standard InChI is InChI=1S/C13H19ClN2S/c1-4-9(3)16(5-2)12-8-10(14)6-7-11(12)13(15)17/h6-9H,4-5H2,1-3H3,(H2,15,17). The number of anilines is 1. The van der Waals surface area contributed by atoms with E-state index in [4.69, 9.17) is 29.6 Å². The second-order valence-electron chi connectivity index (χ2n) is 4.07. The van der Waals surface area contributed by atoms with E-state index in [-0.39, 0.29) is 0 Å². The van der Waals surface area contributed by atoms with Crippen LogP contribution in [-0.2, 0) is 0 Å². The van der Waals surface area contributed by atoms with Crippen molar-refractivity contribution in [3.8, 4) is 0 Å². The molecule has 94 valence electrons. The molecule has 0 spiro atoms. The maximum absolute atomic E-state index is 6.06. The van der Waals surface area contributed by atoms with Gasteiger partial charge in [-0.1, -0.05) is 30.7 Å². The Labute approximate surface area is 114 Å². The molecule has 0 radical (unpaired) electrons. The van der Waals surface area contributed by atoms with Crippen molar-refractivity contribution in [2.45, 2.75) is 33.2 Å². The number of rotatable bonds is 5. The van der Waals surface area contributed by atoms with Crippen LogP contribution in [0.25, 0.3) is 0 Å². The highest BCUT2D eigenvalue weighted by Crippen LogP contribution is 2.27. The van der Waals surface area contributed by atoms with Crippen LogP contribution in [0.3, 0.4) is 0 Å². The number of hydrogen-bond donors (Lipinski definition) is 1. The molecule has 0 bridgehead atoms. The normalized spacial score (nSPS) is 12.2. The highest BCUT2D eigenvalue weighted by molar-refractivity contribution is 7.80. The summed E-state index contributed by atoms with van der Waals surface area (Å²) in [7, 11) is 0. The van der Waals surface area contributed by atoms with Gasteiger partial charge >= 0.3 is 0 Å². The second kappa shape index (κ2) is 6.22. The zero-order chi connectivity index (χ0) is 13.0. The summed E-state index contributed by atoms with van der Waals surface area (Å²) in [6.45, 7) is 7.38. The topological polar surface area (TPSA) is 29.3 Å². The Morgan fingerprint density at radius 2 is 2.12 bits per heavy atom. The molecule has 2 N–H and O–H groups in total. The molecule has 4 heteroatoms. The quantitative estimate of drug-likeness (QED) is 0.829. The monoisotopic (exact) mass is 270 g/mol. The molecule has 17 heavy (non-hydrogen) atoms. The zero-order valence-electron chi connectivity index (χ0n) is 10.5. The Morgan fingerprint density at radius 1 is 1.47 bits per heavy atom. The van der Waals surface area contributed by atoms with E-state index < -0.39 is 0 Å². The van der Waals surface area contributed by atoms with Crippen LogP contribution in [0.2, 0.25) is 5.02 Å². The van der Waals surface area contributed by atoms with Crippen LogP contribution in [0.15, 0.2) is 18.2 Å².